The topological polar surface area (TPSA) is 91.1 Å². The third-order valence-electron chi connectivity index (χ3n) is 4.49. The molecule has 2 aromatic carbocycles. The Kier molecular flexibility index (Phi) is 4.47. The van der Waals surface area contributed by atoms with Gasteiger partial charge in [0.2, 0.25) is 11.7 Å². The second-order valence-electron chi connectivity index (χ2n) is 6.48. The average Bonchev–Trinajstić information content (AvgIpc) is 3.39. The predicted octanol–water partition coefficient (Wildman–Crippen LogP) is 3.56. The van der Waals surface area contributed by atoms with E-state index >= 15 is 0 Å². The largest absolute Gasteiger partial charge is 0.337 e. The van der Waals surface area contributed by atoms with E-state index < -0.39 is 0 Å². The summed E-state index contributed by atoms with van der Waals surface area (Å²) in [6.07, 6.45) is 1.45. The molecule has 30 heavy (non-hydrogen) atoms. The van der Waals surface area contributed by atoms with Gasteiger partial charge in [-0.25, -0.2) is 13.6 Å². The van der Waals surface area contributed by atoms with Crippen LogP contribution < -0.4 is 5.56 Å². The molecule has 3 heterocycles. The SMILES string of the molecule is O=c1c2cc(-c3ccc(Br)cc3)nn2cnn1Cc1nc(-c2ccc(F)cc2)no1. The highest BCUT2D eigenvalue weighted by molar-refractivity contribution is 9.10. The molecule has 0 saturated carbocycles. The van der Waals surface area contributed by atoms with Gasteiger partial charge in [-0.2, -0.15) is 15.2 Å². The third-order valence-corrected chi connectivity index (χ3v) is 5.01. The lowest BCUT2D eigenvalue weighted by Gasteiger charge is -2.00. The number of fused-ring (bicyclic) bond motifs is 1. The van der Waals surface area contributed by atoms with Crippen LogP contribution in [-0.4, -0.2) is 29.5 Å². The van der Waals surface area contributed by atoms with E-state index in [2.05, 4.69) is 36.3 Å². The molecule has 0 aliphatic rings. The van der Waals surface area contributed by atoms with Crippen LogP contribution in [0.1, 0.15) is 5.89 Å². The third kappa shape index (κ3) is 3.41. The molecule has 0 fully saturated rings. The molecule has 0 radical (unpaired) electrons. The zero-order valence-corrected chi connectivity index (χ0v) is 16.8. The molecule has 3 aromatic heterocycles. The molecule has 0 aliphatic heterocycles. The summed E-state index contributed by atoms with van der Waals surface area (Å²) in [6.45, 7) is 0.00231. The predicted molar refractivity (Wildman–Crippen MR) is 109 cm³/mol. The van der Waals surface area contributed by atoms with Crippen LogP contribution in [0.3, 0.4) is 0 Å². The maximum absolute atomic E-state index is 13.1. The van der Waals surface area contributed by atoms with Crippen LogP contribution in [0.5, 0.6) is 0 Å². The standard InChI is InChI=1S/C20H12BrFN6O2/c21-14-5-1-12(2-6-14)16-9-17-20(29)27(23-11-28(17)25-16)10-18-24-19(26-30-18)13-3-7-15(22)8-4-13/h1-9,11H,10H2. The monoisotopic (exact) mass is 466 g/mol. The Morgan fingerprint density at radius 2 is 1.77 bits per heavy atom. The molecule has 5 aromatic rings. The highest BCUT2D eigenvalue weighted by Crippen LogP contribution is 2.21. The first kappa shape index (κ1) is 18.4. The number of nitrogens with zero attached hydrogens (tertiary/aromatic N) is 6. The van der Waals surface area contributed by atoms with Crippen LogP contribution in [0.25, 0.3) is 28.2 Å². The fraction of sp³-hybridized carbons (Fsp3) is 0.0500. The van der Waals surface area contributed by atoms with Gasteiger partial charge in [0.25, 0.3) is 5.56 Å². The summed E-state index contributed by atoms with van der Waals surface area (Å²) in [5.41, 5.74) is 2.19. The van der Waals surface area contributed by atoms with E-state index in [1.807, 2.05) is 24.3 Å². The summed E-state index contributed by atoms with van der Waals surface area (Å²) in [5.74, 6) is 0.164. The number of halogens is 2. The molecule has 0 unspecified atom stereocenters. The molecule has 8 nitrogen and oxygen atoms in total. The minimum Gasteiger partial charge on any atom is -0.337 e. The minimum atomic E-state index is -0.352. The van der Waals surface area contributed by atoms with Crippen LogP contribution in [0.4, 0.5) is 4.39 Å². The number of hydrogen-bond acceptors (Lipinski definition) is 6. The second kappa shape index (κ2) is 7.30. The van der Waals surface area contributed by atoms with Gasteiger partial charge in [0.05, 0.1) is 5.69 Å². The first-order valence-corrected chi connectivity index (χ1v) is 9.66. The molecule has 5 rings (SSSR count). The van der Waals surface area contributed by atoms with Crippen LogP contribution in [-0.2, 0) is 6.54 Å². The highest BCUT2D eigenvalue weighted by Gasteiger charge is 2.14. The van der Waals surface area contributed by atoms with Gasteiger partial charge in [-0.15, -0.1) is 0 Å². The zero-order valence-electron chi connectivity index (χ0n) is 15.2. The Labute approximate surface area is 176 Å². The Bertz CT molecular complexity index is 1410. The zero-order chi connectivity index (χ0) is 20.7. The van der Waals surface area contributed by atoms with Crippen molar-refractivity contribution in [2.24, 2.45) is 0 Å². The van der Waals surface area contributed by atoms with Crippen LogP contribution >= 0.6 is 15.9 Å². The first-order valence-electron chi connectivity index (χ1n) is 8.87. The van der Waals surface area contributed by atoms with Crippen molar-refractivity contribution in [3.05, 3.63) is 87.5 Å². The molecule has 0 amide bonds. The summed E-state index contributed by atoms with van der Waals surface area (Å²) < 4.78 is 21.9. The first-order chi connectivity index (χ1) is 14.6. The van der Waals surface area contributed by atoms with Crippen molar-refractivity contribution >= 4 is 21.4 Å². The van der Waals surface area contributed by atoms with Crippen molar-refractivity contribution in [1.29, 1.82) is 0 Å². The normalized spacial score (nSPS) is 11.3. The number of rotatable bonds is 4. The van der Waals surface area contributed by atoms with Gasteiger partial charge < -0.3 is 4.52 Å². The van der Waals surface area contributed by atoms with E-state index in [0.717, 1.165) is 10.0 Å². The highest BCUT2D eigenvalue weighted by atomic mass is 79.9. The van der Waals surface area contributed by atoms with Crippen molar-refractivity contribution in [3.8, 4) is 22.6 Å². The molecule has 0 N–H and O–H groups in total. The summed E-state index contributed by atoms with van der Waals surface area (Å²) in [7, 11) is 0. The molecule has 0 bridgehead atoms. The van der Waals surface area contributed by atoms with Crippen molar-refractivity contribution in [1.82, 2.24) is 29.5 Å². The van der Waals surface area contributed by atoms with Gasteiger partial charge in [-0.3, -0.25) is 4.79 Å². The summed E-state index contributed by atoms with van der Waals surface area (Å²) in [6, 6.07) is 15.1. The Balaban J connectivity index is 1.45. The van der Waals surface area contributed by atoms with Gasteiger partial charge in [-0.05, 0) is 42.5 Å². The average molecular weight is 467 g/mol. The van der Waals surface area contributed by atoms with Gasteiger partial charge in [-0.1, -0.05) is 33.2 Å². The molecular weight excluding hydrogens is 455 g/mol. The second-order valence-corrected chi connectivity index (χ2v) is 7.39. The minimum absolute atomic E-state index is 0.00231. The Morgan fingerprint density at radius 1 is 1.03 bits per heavy atom. The number of hydrogen-bond donors (Lipinski definition) is 0. The van der Waals surface area contributed by atoms with E-state index in [1.54, 1.807) is 18.2 Å². The van der Waals surface area contributed by atoms with Crippen LogP contribution in [0, 0.1) is 5.82 Å². The van der Waals surface area contributed by atoms with Crippen molar-refractivity contribution < 1.29 is 8.91 Å². The van der Waals surface area contributed by atoms with Crippen molar-refractivity contribution in [2.75, 3.05) is 0 Å². The smallest absolute Gasteiger partial charge is 0.293 e. The maximum atomic E-state index is 13.1. The van der Waals surface area contributed by atoms with Crippen molar-refractivity contribution in [2.45, 2.75) is 6.54 Å². The Hall–Kier alpha value is -3.66. The van der Waals surface area contributed by atoms with Crippen LogP contribution in [0.15, 0.2) is 74.7 Å². The van der Waals surface area contributed by atoms with E-state index in [-0.39, 0.29) is 23.8 Å². The fourth-order valence-corrected chi connectivity index (χ4v) is 3.24. The summed E-state index contributed by atoms with van der Waals surface area (Å²) in [5, 5.41) is 12.4. The molecule has 10 heteroatoms. The maximum Gasteiger partial charge on any atom is 0.293 e. The molecule has 0 aliphatic carbocycles. The van der Waals surface area contributed by atoms with E-state index in [9.17, 15) is 9.18 Å². The lowest BCUT2D eigenvalue weighted by molar-refractivity contribution is 0.362. The van der Waals surface area contributed by atoms with Gasteiger partial charge in [0, 0.05) is 15.6 Å². The van der Waals surface area contributed by atoms with E-state index in [0.29, 0.717) is 22.6 Å². The Morgan fingerprint density at radius 3 is 2.53 bits per heavy atom. The lowest BCUT2D eigenvalue weighted by Crippen LogP contribution is -2.25. The lowest BCUT2D eigenvalue weighted by atomic mass is 10.1. The quantitative estimate of drug-likeness (QED) is 0.402. The summed E-state index contributed by atoms with van der Waals surface area (Å²) in [4.78, 5) is 17.1. The molecule has 148 valence electrons. The summed E-state index contributed by atoms with van der Waals surface area (Å²) >= 11 is 3.40. The molecule has 0 spiro atoms. The number of aromatic nitrogens is 6. The molecular formula is C20H12BrFN6O2. The van der Waals surface area contributed by atoms with Gasteiger partial charge in [0.1, 0.15) is 24.2 Å². The molecule has 0 atom stereocenters. The van der Waals surface area contributed by atoms with Gasteiger partial charge >= 0.3 is 0 Å². The van der Waals surface area contributed by atoms with Crippen LogP contribution in [0.2, 0.25) is 0 Å². The van der Waals surface area contributed by atoms with E-state index in [1.165, 1.54) is 27.7 Å². The number of benzene rings is 2. The van der Waals surface area contributed by atoms with Gasteiger partial charge in [0.15, 0.2) is 0 Å². The van der Waals surface area contributed by atoms with E-state index in [4.69, 9.17) is 4.52 Å². The van der Waals surface area contributed by atoms with Crippen molar-refractivity contribution in [3.63, 3.8) is 0 Å². The fourth-order valence-electron chi connectivity index (χ4n) is 2.98. The molecule has 0 saturated heterocycles.